The van der Waals surface area contributed by atoms with Gasteiger partial charge in [0, 0.05) is 17.8 Å². The minimum atomic E-state index is 0.320. The average Bonchev–Trinajstić information content (AvgIpc) is 2.95. The molecular weight excluding hydrogens is 272 g/mol. The summed E-state index contributed by atoms with van der Waals surface area (Å²) in [6, 6.07) is 0. The highest BCUT2D eigenvalue weighted by atomic mass is 35.5. The third-order valence-corrected chi connectivity index (χ3v) is 3.67. The zero-order valence-corrected chi connectivity index (χ0v) is 13.9. The van der Waals surface area contributed by atoms with Crippen LogP contribution in [0.25, 0.3) is 0 Å². The molecule has 2 heterocycles. The second-order valence-electron chi connectivity index (χ2n) is 4.88. The summed E-state index contributed by atoms with van der Waals surface area (Å²) in [7, 11) is 0. The molecule has 4 nitrogen and oxygen atoms in total. The zero-order valence-electron chi connectivity index (χ0n) is 13.2. The van der Waals surface area contributed by atoms with Crippen molar-refractivity contribution in [2.24, 2.45) is 0 Å². The van der Waals surface area contributed by atoms with Crippen LogP contribution in [0.3, 0.4) is 0 Å². The quantitative estimate of drug-likeness (QED) is 0.665. The lowest BCUT2D eigenvalue weighted by Gasteiger charge is -2.15. The first-order valence-electron chi connectivity index (χ1n) is 7.64. The van der Waals surface area contributed by atoms with Gasteiger partial charge in [-0.05, 0) is 64.3 Å². The highest BCUT2D eigenvalue weighted by molar-refractivity contribution is 6.28. The minimum Gasteiger partial charge on any atom is -0.370 e. The number of aromatic nitrogens is 2. The molecule has 5 heteroatoms. The molecule has 1 aliphatic heterocycles. The van der Waals surface area contributed by atoms with E-state index in [2.05, 4.69) is 20.2 Å². The van der Waals surface area contributed by atoms with E-state index in [1.54, 1.807) is 0 Å². The Morgan fingerprint density at radius 1 is 1.15 bits per heavy atom. The normalized spacial score (nSPS) is 14.8. The second kappa shape index (κ2) is 9.14. The van der Waals surface area contributed by atoms with Gasteiger partial charge < -0.3 is 10.2 Å². The summed E-state index contributed by atoms with van der Waals surface area (Å²) in [6.45, 7) is 12.6. The van der Waals surface area contributed by atoms with Crippen LogP contribution in [0.1, 0.15) is 44.4 Å². The Morgan fingerprint density at radius 3 is 2.45 bits per heavy atom. The highest BCUT2D eigenvalue weighted by Crippen LogP contribution is 2.17. The Morgan fingerprint density at radius 2 is 1.80 bits per heavy atom. The molecule has 0 aliphatic carbocycles. The van der Waals surface area contributed by atoms with E-state index in [9.17, 15) is 0 Å². The molecule has 1 aromatic heterocycles. The number of hydrogen-bond acceptors (Lipinski definition) is 4. The number of anilines is 1. The molecule has 1 saturated heterocycles. The summed E-state index contributed by atoms with van der Waals surface area (Å²) in [4.78, 5) is 10.9. The molecular formula is C15H27ClN4. The van der Waals surface area contributed by atoms with Crippen LogP contribution in [0.5, 0.6) is 0 Å². The first kappa shape index (κ1) is 17.2. The Bertz CT molecular complexity index is 403. The Hall–Kier alpha value is -0.870. The standard InChI is InChI=1S/C13H21ClN4.C2H6/c1-10-11(2)16-13(14)17-12(10)15-6-5-9-18-7-3-4-8-18;1-2/h3-9H2,1-2H3,(H,15,16,17);1-2H3. The predicted molar refractivity (Wildman–Crippen MR) is 86.6 cm³/mol. The van der Waals surface area contributed by atoms with Crippen LogP contribution < -0.4 is 5.32 Å². The van der Waals surface area contributed by atoms with Gasteiger partial charge in [-0.15, -0.1) is 0 Å². The predicted octanol–water partition coefficient (Wildman–Crippen LogP) is 3.67. The summed E-state index contributed by atoms with van der Waals surface area (Å²) >= 11 is 5.87. The molecule has 0 aromatic carbocycles. The fourth-order valence-corrected chi connectivity index (χ4v) is 2.49. The van der Waals surface area contributed by atoms with Gasteiger partial charge in [0.25, 0.3) is 0 Å². The molecule has 1 aromatic rings. The molecule has 114 valence electrons. The van der Waals surface area contributed by atoms with Crippen molar-refractivity contribution in [3.8, 4) is 0 Å². The Labute approximate surface area is 127 Å². The third kappa shape index (κ3) is 5.25. The number of nitrogens with one attached hydrogen (secondary N) is 1. The molecule has 0 atom stereocenters. The maximum absolute atomic E-state index is 5.87. The van der Waals surface area contributed by atoms with Crippen molar-refractivity contribution < 1.29 is 0 Å². The van der Waals surface area contributed by atoms with E-state index in [1.165, 1.54) is 32.5 Å². The van der Waals surface area contributed by atoms with E-state index in [0.717, 1.165) is 30.0 Å². The number of aryl methyl sites for hydroxylation is 1. The average molecular weight is 299 g/mol. The molecule has 20 heavy (non-hydrogen) atoms. The van der Waals surface area contributed by atoms with E-state index in [0.29, 0.717) is 5.28 Å². The maximum atomic E-state index is 5.87. The summed E-state index contributed by atoms with van der Waals surface area (Å²) in [5, 5.41) is 3.68. The molecule has 0 unspecified atom stereocenters. The van der Waals surface area contributed by atoms with Crippen LogP contribution in [0, 0.1) is 13.8 Å². The summed E-state index contributed by atoms with van der Waals surface area (Å²) in [5.41, 5.74) is 2.03. The van der Waals surface area contributed by atoms with Crippen molar-refractivity contribution in [3.63, 3.8) is 0 Å². The number of likely N-dealkylation sites (tertiary alicyclic amines) is 1. The SMILES string of the molecule is CC.Cc1nc(Cl)nc(NCCCN2CCCC2)c1C. The number of hydrogen-bond donors (Lipinski definition) is 1. The van der Waals surface area contributed by atoms with Crippen molar-refractivity contribution in [1.82, 2.24) is 14.9 Å². The molecule has 0 spiro atoms. The van der Waals surface area contributed by atoms with Gasteiger partial charge in [-0.1, -0.05) is 13.8 Å². The van der Waals surface area contributed by atoms with Crippen LogP contribution in [0.2, 0.25) is 5.28 Å². The zero-order chi connectivity index (χ0) is 15.0. The van der Waals surface area contributed by atoms with Gasteiger partial charge in [-0.2, -0.15) is 0 Å². The lowest BCUT2D eigenvalue weighted by molar-refractivity contribution is 0.337. The molecule has 1 fully saturated rings. The summed E-state index contributed by atoms with van der Waals surface area (Å²) in [5.74, 6) is 0.869. The van der Waals surface area contributed by atoms with Crippen molar-refractivity contribution in [2.45, 2.75) is 47.0 Å². The Balaban J connectivity index is 0.000000956. The Kier molecular flexibility index (Phi) is 7.85. The van der Waals surface area contributed by atoms with Crippen molar-refractivity contribution in [3.05, 3.63) is 16.5 Å². The molecule has 1 aliphatic rings. The van der Waals surface area contributed by atoms with Crippen molar-refractivity contribution in [1.29, 1.82) is 0 Å². The first-order valence-corrected chi connectivity index (χ1v) is 8.01. The van der Waals surface area contributed by atoms with Crippen LogP contribution in [-0.4, -0.2) is 41.0 Å². The van der Waals surface area contributed by atoms with E-state index >= 15 is 0 Å². The van der Waals surface area contributed by atoms with Crippen LogP contribution >= 0.6 is 11.6 Å². The summed E-state index contributed by atoms with van der Waals surface area (Å²) < 4.78 is 0. The van der Waals surface area contributed by atoms with Gasteiger partial charge in [0.05, 0.1) is 0 Å². The van der Waals surface area contributed by atoms with Gasteiger partial charge in [-0.25, -0.2) is 9.97 Å². The van der Waals surface area contributed by atoms with Gasteiger partial charge in [-0.3, -0.25) is 0 Å². The fourth-order valence-electron chi connectivity index (χ4n) is 2.28. The largest absolute Gasteiger partial charge is 0.370 e. The molecule has 0 bridgehead atoms. The van der Waals surface area contributed by atoms with Gasteiger partial charge >= 0.3 is 0 Å². The highest BCUT2D eigenvalue weighted by Gasteiger charge is 2.10. The minimum absolute atomic E-state index is 0.320. The van der Waals surface area contributed by atoms with Gasteiger partial charge in [0.15, 0.2) is 0 Å². The monoisotopic (exact) mass is 298 g/mol. The molecule has 2 rings (SSSR count). The number of rotatable bonds is 5. The maximum Gasteiger partial charge on any atom is 0.224 e. The lowest BCUT2D eigenvalue weighted by Crippen LogP contribution is -2.22. The van der Waals surface area contributed by atoms with E-state index in [-0.39, 0.29) is 0 Å². The lowest BCUT2D eigenvalue weighted by atomic mass is 10.2. The van der Waals surface area contributed by atoms with Crippen LogP contribution in [0.15, 0.2) is 0 Å². The van der Waals surface area contributed by atoms with Gasteiger partial charge in [0.1, 0.15) is 5.82 Å². The van der Waals surface area contributed by atoms with Crippen LogP contribution in [0.4, 0.5) is 5.82 Å². The van der Waals surface area contributed by atoms with E-state index in [4.69, 9.17) is 11.6 Å². The number of halogens is 1. The van der Waals surface area contributed by atoms with Crippen molar-refractivity contribution in [2.75, 3.05) is 31.5 Å². The van der Waals surface area contributed by atoms with Crippen molar-refractivity contribution >= 4 is 17.4 Å². The number of nitrogens with zero attached hydrogens (tertiary/aromatic N) is 3. The smallest absolute Gasteiger partial charge is 0.224 e. The molecule has 0 radical (unpaired) electrons. The first-order chi connectivity index (χ1) is 9.66. The summed E-state index contributed by atoms with van der Waals surface area (Å²) in [6.07, 6.45) is 3.85. The topological polar surface area (TPSA) is 41.1 Å². The molecule has 0 saturated carbocycles. The van der Waals surface area contributed by atoms with Crippen LogP contribution in [-0.2, 0) is 0 Å². The van der Waals surface area contributed by atoms with E-state index in [1.807, 2.05) is 27.7 Å². The second-order valence-corrected chi connectivity index (χ2v) is 5.22. The van der Waals surface area contributed by atoms with E-state index < -0.39 is 0 Å². The molecule has 0 amide bonds. The molecule has 1 N–H and O–H groups in total. The third-order valence-electron chi connectivity index (χ3n) is 3.50. The fraction of sp³-hybridized carbons (Fsp3) is 0.733. The van der Waals surface area contributed by atoms with Gasteiger partial charge in [0.2, 0.25) is 5.28 Å².